The summed E-state index contributed by atoms with van der Waals surface area (Å²) in [5.41, 5.74) is 2.72. The first kappa shape index (κ1) is 15.6. The van der Waals surface area contributed by atoms with E-state index in [1.807, 2.05) is 66.0 Å². The van der Waals surface area contributed by atoms with Crippen LogP contribution in [0.1, 0.15) is 12.0 Å². The Morgan fingerprint density at radius 2 is 1.88 bits per heavy atom. The van der Waals surface area contributed by atoms with Crippen LogP contribution in [0.15, 0.2) is 70.5 Å². The number of hydrogen-bond acceptors (Lipinski definition) is 4. The second-order valence-electron chi connectivity index (χ2n) is 5.72. The molecule has 0 aliphatic heterocycles. The molecular weight excluding hydrogens is 332 g/mol. The minimum Gasteiger partial charge on any atom is -0.454 e. The van der Waals surface area contributed by atoms with Gasteiger partial charge in [-0.15, -0.1) is 11.3 Å². The van der Waals surface area contributed by atoms with Crippen LogP contribution in [0.5, 0.6) is 0 Å². The maximum atomic E-state index is 12.1. The molecule has 124 valence electrons. The molecule has 25 heavy (non-hydrogen) atoms. The predicted molar refractivity (Wildman–Crippen MR) is 101 cm³/mol. The topological polar surface area (TPSA) is 55.1 Å². The third kappa shape index (κ3) is 3.61. The third-order valence-corrected chi connectivity index (χ3v) is 4.67. The Morgan fingerprint density at radius 1 is 1.08 bits per heavy atom. The number of rotatable bonds is 5. The summed E-state index contributed by atoms with van der Waals surface area (Å²) >= 11 is 1.40. The van der Waals surface area contributed by atoms with Crippen LogP contribution >= 0.6 is 11.3 Å². The Bertz CT molecular complexity index is 972. The minimum atomic E-state index is -0.0330. The molecule has 1 N–H and O–H groups in total. The number of carbonyl (C=O) groups is 1. The smallest absolute Gasteiger partial charge is 0.226 e. The van der Waals surface area contributed by atoms with E-state index in [4.69, 9.17) is 4.42 Å². The number of fused-ring (bicyclic) bond motifs is 1. The largest absolute Gasteiger partial charge is 0.454 e. The first-order valence-corrected chi connectivity index (χ1v) is 8.94. The van der Waals surface area contributed by atoms with Crippen molar-refractivity contribution in [2.45, 2.75) is 12.8 Å². The highest BCUT2D eigenvalue weighted by Gasteiger charge is 2.11. The molecule has 1 amide bonds. The van der Waals surface area contributed by atoms with Crippen LogP contribution in [0.25, 0.3) is 22.4 Å². The van der Waals surface area contributed by atoms with E-state index >= 15 is 0 Å². The van der Waals surface area contributed by atoms with Crippen molar-refractivity contribution >= 4 is 33.3 Å². The van der Waals surface area contributed by atoms with E-state index in [2.05, 4.69) is 10.3 Å². The van der Waals surface area contributed by atoms with Crippen LogP contribution in [0.3, 0.4) is 0 Å². The summed E-state index contributed by atoms with van der Waals surface area (Å²) in [4.78, 5) is 16.6. The van der Waals surface area contributed by atoms with E-state index < -0.39 is 0 Å². The lowest BCUT2D eigenvalue weighted by Crippen LogP contribution is -2.12. The summed E-state index contributed by atoms with van der Waals surface area (Å²) < 4.78 is 5.81. The number of para-hydroxylation sites is 1. The second-order valence-corrected chi connectivity index (χ2v) is 6.58. The molecule has 5 heteroatoms. The van der Waals surface area contributed by atoms with Gasteiger partial charge in [-0.05, 0) is 24.1 Å². The molecule has 0 radical (unpaired) electrons. The standard InChI is InChI=1S/C20H16N2O2S/c23-19(11-10-14-6-2-1-3-7-14)22-20-21-16(13-25-20)18-12-15-8-4-5-9-17(15)24-18/h1-9,12-13H,10-11H2,(H,21,22,23). The number of thiazole rings is 1. The van der Waals surface area contributed by atoms with Crippen molar-refractivity contribution in [2.24, 2.45) is 0 Å². The summed E-state index contributed by atoms with van der Waals surface area (Å²) in [5.74, 6) is 0.677. The molecule has 0 saturated carbocycles. The van der Waals surface area contributed by atoms with E-state index in [9.17, 15) is 4.79 Å². The van der Waals surface area contributed by atoms with Crippen LogP contribution in [0.4, 0.5) is 5.13 Å². The number of carbonyl (C=O) groups excluding carboxylic acids is 1. The number of amides is 1. The van der Waals surface area contributed by atoms with Gasteiger partial charge >= 0.3 is 0 Å². The van der Waals surface area contributed by atoms with E-state index in [1.54, 1.807) is 0 Å². The lowest BCUT2D eigenvalue weighted by atomic mass is 10.1. The number of hydrogen-bond donors (Lipinski definition) is 1. The number of furan rings is 1. The van der Waals surface area contributed by atoms with Gasteiger partial charge in [-0.25, -0.2) is 4.98 Å². The Labute approximate surface area is 149 Å². The fraction of sp³-hybridized carbons (Fsp3) is 0.100. The Balaban J connectivity index is 1.41. The van der Waals surface area contributed by atoms with Gasteiger partial charge in [0.1, 0.15) is 11.3 Å². The molecule has 4 rings (SSSR count). The third-order valence-electron chi connectivity index (χ3n) is 3.91. The molecular formula is C20H16N2O2S. The molecule has 0 atom stereocenters. The molecule has 2 aromatic heterocycles. The van der Waals surface area contributed by atoms with Gasteiger partial charge in [0.15, 0.2) is 10.9 Å². The van der Waals surface area contributed by atoms with E-state index in [0.717, 1.165) is 22.2 Å². The highest BCUT2D eigenvalue weighted by Crippen LogP contribution is 2.30. The van der Waals surface area contributed by atoms with Gasteiger partial charge in [-0.2, -0.15) is 0 Å². The summed E-state index contributed by atoms with van der Waals surface area (Å²) in [6, 6.07) is 19.8. The Morgan fingerprint density at radius 3 is 2.72 bits per heavy atom. The van der Waals surface area contributed by atoms with Crippen molar-refractivity contribution < 1.29 is 9.21 Å². The lowest BCUT2D eigenvalue weighted by Gasteiger charge is -2.02. The molecule has 0 unspecified atom stereocenters. The van der Waals surface area contributed by atoms with Crippen LogP contribution in [0.2, 0.25) is 0 Å². The number of anilines is 1. The van der Waals surface area contributed by atoms with Crippen molar-refractivity contribution in [1.82, 2.24) is 4.98 Å². The highest BCUT2D eigenvalue weighted by molar-refractivity contribution is 7.14. The van der Waals surface area contributed by atoms with Gasteiger partial charge < -0.3 is 9.73 Å². The van der Waals surface area contributed by atoms with Gasteiger partial charge in [0.2, 0.25) is 5.91 Å². The molecule has 2 aromatic carbocycles. The molecule has 0 bridgehead atoms. The van der Waals surface area contributed by atoms with Crippen LogP contribution in [-0.2, 0) is 11.2 Å². The molecule has 0 saturated heterocycles. The van der Waals surface area contributed by atoms with Crippen LogP contribution < -0.4 is 5.32 Å². The van der Waals surface area contributed by atoms with Crippen LogP contribution in [0, 0.1) is 0 Å². The summed E-state index contributed by atoms with van der Waals surface area (Å²) in [7, 11) is 0. The van der Waals surface area contributed by atoms with Crippen molar-refractivity contribution in [3.8, 4) is 11.5 Å². The normalized spacial score (nSPS) is 10.9. The SMILES string of the molecule is O=C(CCc1ccccc1)Nc1nc(-c2cc3ccccc3o2)cs1. The van der Waals surface area contributed by atoms with Crippen molar-refractivity contribution in [3.63, 3.8) is 0 Å². The van der Waals surface area contributed by atoms with Gasteiger partial charge in [-0.1, -0.05) is 48.5 Å². The molecule has 2 heterocycles. The second kappa shape index (κ2) is 6.91. The van der Waals surface area contributed by atoms with E-state index in [1.165, 1.54) is 11.3 Å². The quantitative estimate of drug-likeness (QED) is 0.544. The maximum absolute atomic E-state index is 12.1. The summed E-state index contributed by atoms with van der Waals surface area (Å²) in [6.45, 7) is 0. The number of benzene rings is 2. The highest BCUT2D eigenvalue weighted by atomic mass is 32.1. The first-order valence-electron chi connectivity index (χ1n) is 8.06. The zero-order valence-electron chi connectivity index (χ0n) is 13.4. The summed E-state index contributed by atoms with van der Waals surface area (Å²) in [6.07, 6.45) is 1.15. The van der Waals surface area contributed by atoms with Gasteiger partial charge in [0.25, 0.3) is 0 Å². The molecule has 0 aliphatic carbocycles. The summed E-state index contributed by atoms with van der Waals surface area (Å²) in [5, 5.41) is 6.39. The Kier molecular flexibility index (Phi) is 4.31. The number of aryl methyl sites for hydroxylation is 1. The van der Waals surface area contributed by atoms with Crippen molar-refractivity contribution in [3.05, 3.63) is 71.6 Å². The van der Waals surface area contributed by atoms with E-state index in [-0.39, 0.29) is 5.91 Å². The fourth-order valence-corrected chi connectivity index (χ4v) is 3.35. The monoisotopic (exact) mass is 348 g/mol. The zero-order chi connectivity index (χ0) is 17.1. The number of aromatic nitrogens is 1. The van der Waals surface area contributed by atoms with Gasteiger partial charge in [0.05, 0.1) is 0 Å². The molecule has 0 fully saturated rings. The first-order chi connectivity index (χ1) is 12.3. The predicted octanol–water partition coefficient (Wildman–Crippen LogP) is 5.13. The van der Waals surface area contributed by atoms with E-state index in [0.29, 0.717) is 23.7 Å². The average Bonchev–Trinajstić information content (AvgIpc) is 3.27. The maximum Gasteiger partial charge on any atom is 0.226 e. The minimum absolute atomic E-state index is 0.0330. The van der Waals surface area contributed by atoms with Crippen molar-refractivity contribution in [1.29, 1.82) is 0 Å². The molecule has 4 aromatic rings. The lowest BCUT2D eigenvalue weighted by molar-refractivity contribution is -0.116. The molecule has 0 aliphatic rings. The average molecular weight is 348 g/mol. The zero-order valence-corrected chi connectivity index (χ0v) is 14.3. The Hall–Kier alpha value is -2.92. The van der Waals surface area contributed by atoms with Gasteiger partial charge in [-0.3, -0.25) is 4.79 Å². The number of nitrogens with zero attached hydrogens (tertiary/aromatic N) is 1. The van der Waals surface area contributed by atoms with Crippen LogP contribution in [-0.4, -0.2) is 10.9 Å². The fourth-order valence-electron chi connectivity index (χ4n) is 2.64. The van der Waals surface area contributed by atoms with Gasteiger partial charge in [0, 0.05) is 17.2 Å². The number of nitrogens with one attached hydrogen (secondary N) is 1. The molecule has 0 spiro atoms. The van der Waals surface area contributed by atoms with Crippen molar-refractivity contribution in [2.75, 3.05) is 5.32 Å². The molecule has 4 nitrogen and oxygen atoms in total.